The Morgan fingerprint density at radius 1 is 0.895 bits per heavy atom. The Kier molecular flexibility index (Phi) is 3.37. The van der Waals surface area contributed by atoms with Crippen LogP contribution in [0.25, 0.3) is 0 Å². The van der Waals surface area contributed by atoms with Crippen LogP contribution in [0.3, 0.4) is 0 Å². The first kappa shape index (κ1) is 14.3. The van der Waals surface area contributed by atoms with Gasteiger partial charge in [0.05, 0.1) is 0 Å². The largest absolute Gasteiger partial charge is 0.298 e. The van der Waals surface area contributed by atoms with E-state index in [9.17, 15) is 25.6 Å². The van der Waals surface area contributed by atoms with Gasteiger partial charge in [-0.05, 0) is 12.1 Å². The van der Waals surface area contributed by atoms with E-state index in [0.29, 0.717) is 0 Å². The maximum absolute atomic E-state index is 13.2. The van der Waals surface area contributed by atoms with Crippen molar-refractivity contribution in [3.8, 4) is 0 Å². The van der Waals surface area contributed by atoms with Crippen LogP contribution >= 0.6 is 0 Å². The van der Waals surface area contributed by atoms with Crippen LogP contribution < -0.4 is 0 Å². The summed E-state index contributed by atoms with van der Waals surface area (Å²) < 4.78 is 81.4. The molecule has 0 amide bonds. The molecular formula is C9H8F2O6S2. The summed E-state index contributed by atoms with van der Waals surface area (Å²) in [6.45, 7) is -2.97. The molecule has 0 N–H and O–H groups in total. The van der Waals surface area contributed by atoms with Crippen LogP contribution in [0.2, 0.25) is 0 Å². The number of hydrogen-bond donors (Lipinski definition) is 0. The molecule has 19 heavy (non-hydrogen) atoms. The molecule has 1 aliphatic heterocycles. The van der Waals surface area contributed by atoms with Crippen LogP contribution in [-0.2, 0) is 28.6 Å². The third kappa shape index (κ3) is 2.91. The molecule has 1 aromatic carbocycles. The fourth-order valence-corrected chi connectivity index (χ4v) is 4.00. The highest BCUT2D eigenvalue weighted by atomic mass is 32.2. The smallest absolute Gasteiger partial charge is 0.260 e. The first-order chi connectivity index (χ1) is 8.64. The Morgan fingerprint density at radius 2 is 1.26 bits per heavy atom. The molecule has 0 atom stereocenters. The highest BCUT2D eigenvalue weighted by Gasteiger charge is 2.39. The highest BCUT2D eigenvalue weighted by Crippen LogP contribution is 2.29. The van der Waals surface area contributed by atoms with E-state index >= 15 is 0 Å². The molecule has 6 nitrogen and oxygen atoms in total. The average Bonchev–Trinajstić information content (AvgIpc) is 2.36. The van der Waals surface area contributed by atoms with Gasteiger partial charge in [0.25, 0.3) is 26.2 Å². The summed E-state index contributed by atoms with van der Waals surface area (Å²) in [6.07, 6.45) is 0. The second-order valence-electron chi connectivity index (χ2n) is 3.74. The molecule has 0 spiro atoms. The van der Waals surface area contributed by atoms with Crippen molar-refractivity contribution >= 4 is 20.2 Å². The van der Waals surface area contributed by atoms with E-state index in [1.807, 2.05) is 0 Å². The van der Waals surface area contributed by atoms with Gasteiger partial charge >= 0.3 is 0 Å². The number of alkyl halides is 2. The van der Waals surface area contributed by atoms with Gasteiger partial charge < -0.3 is 0 Å². The van der Waals surface area contributed by atoms with E-state index in [1.54, 1.807) is 0 Å². The Balaban J connectivity index is 2.68. The molecule has 0 unspecified atom stereocenters. The summed E-state index contributed by atoms with van der Waals surface area (Å²) in [6, 6.07) is 4.36. The van der Waals surface area contributed by atoms with Crippen LogP contribution in [0.5, 0.6) is 0 Å². The van der Waals surface area contributed by atoms with E-state index in [-0.39, 0.29) is 0 Å². The third-order valence-corrected chi connectivity index (χ3v) is 5.01. The number of benzene rings is 1. The molecule has 1 aliphatic rings. The lowest BCUT2D eigenvalue weighted by molar-refractivity contribution is -0.0695. The summed E-state index contributed by atoms with van der Waals surface area (Å²) in [5.74, 6) is -3.73. The number of hydrogen-bond acceptors (Lipinski definition) is 6. The van der Waals surface area contributed by atoms with Crippen molar-refractivity contribution in [3.63, 3.8) is 0 Å². The van der Waals surface area contributed by atoms with Crippen molar-refractivity contribution in [3.05, 3.63) is 24.3 Å². The van der Waals surface area contributed by atoms with Crippen LogP contribution in [-0.4, -0.2) is 36.0 Å². The van der Waals surface area contributed by atoms with Gasteiger partial charge in [-0.1, -0.05) is 12.1 Å². The van der Waals surface area contributed by atoms with Crippen molar-refractivity contribution in [1.82, 2.24) is 0 Å². The molecular weight excluding hydrogens is 306 g/mol. The maximum Gasteiger partial charge on any atom is 0.298 e. The molecule has 0 saturated carbocycles. The normalized spacial score (nSPS) is 24.5. The summed E-state index contributed by atoms with van der Waals surface area (Å²) in [4.78, 5) is -1.46. The SMILES string of the molecule is O=S1(=O)OCC(F)(F)COS(=O)(=O)c2ccccc21. The van der Waals surface area contributed by atoms with E-state index in [1.165, 1.54) is 12.1 Å². The van der Waals surface area contributed by atoms with Gasteiger partial charge in [0.1, 0.15) is 23.0 Å². The number of fused-ring (bicyclic) bond motifs is 1. The van der Waals surface area contributed by atoms with Crippen molar-refractivity contribution in [2.24, 2.45) is 0 Å². The molecule has 0 aromatic heterocycles. The average molecular weight is 314 g/mol. The molecule has 0 radical (unpaired) electrons. The van der Waals surface area contributed by atoms with Crippen molar-refractivity contribution in [2.75, 3.05) is 13.2 Å². The van der Waals surface area contributed by atoms with E-state index < -0.39 is 49.2 Å². The van der Waals surface area contributed by atoms with Gasteiger partial charge in [-0.3, -0.25) is 8.37 Å². The van der Waals surface area contributed by atoms with Crippen LogP contribution in [0, 0.1) is 0 Å². The highest BCUT2D eigenvalue weighted by molar-refractivity contribution is 7.90. The number of rotatable bonds is 0. The molecule has 2 rings (SSSR count). The Labute approximate surface area is 108 Å². The zero-order chi connectivity index (χ0) is 14.3. The molecule has 106 valence electrons. The minimum Gasteiger partial charge on any atom is -0.260 e. The molecule has 0 aliphatic carbocycles. The first-order valence-corrected chi connectivity index (χ1v) is 7.71. The number of halogens is 2. The quantitative estimate of drug-likeness (QED) is 0.657. The molecule has 0 saturated heterocycles. The zero-order valence-corrected chi connectivity index (χ0v) is 10.9. The van der Waals surface area contributed by atoms with Gasteiger partial charge in [0.15, 0.2) is 0 Å². The van der Waals surface area contributed by atoms with Gasteiger partial charge in [0, 0.05) is 0 Å². The van der Waals surface area contributed by atoms with Crippen molar-refractivity contribution < 1.29 is 34.0 Å². The monoisotopic (exact) mass is 314 g/mol. The predicted octanol–water partition coefficient (Wildman–Crippen LogP) is 0.746. The molecule has 1 heterocycles. The first-order valence-electron chi connectivity index (χ1n) is 4.90. The standard InChI is InChI=1S/C9H8F2O6S2/c10-9(11)5-16-18(12,13)7-3-1-2-4-8(7)19(14,15)17-6-9/h1-4H,5-6H2. The second kappa shape index (κ2) is 4.47. The van der Waals surface area contributed by atoms with Gasteiger partial charge in [0.2, 0.25) is 0 Å². The van der Waals surface area contributed by atoms with Gasteiger partial charge in [-0.25, -0.2) is 8.78 Å². The van der Waals surface area contributed by atoms with Crippen LogP contribution in [0.1, 0.15) is 0 Å². The van der Waals surface area contributed by atoms with E-state index in [4.69, 9.17) is 0 Å². The van der Waals surface area contributed by atoms with E-state index in [0.717, 1.165) is 12.1 Å². The molecule has 10 heteroatoms. The lowest BCUT2D eigenvalue weighted by Gasteiger charge is -2.13. The Hall–Kier alpha value is -1.10. The fraction of sp³-hybridized carbons (Fsp3) is 0.333. The predicted molar refractivity (Wildman–Crippen MR) is 57.7 cm³/mol. The Bertz CT molecular complexity index is 636. The topological polar surface area (TPSA) is 86.7 Å². The summed E-state index contributed by atoms with van der Waals surface area (Å²) >= 11 is 0. The Morgan fingerprint density at radius 3 is 1.63 bits per heavy atom. The van der Waals surface area contributed by atoms with Crippen molar-refractivity contribution in [1.29, 1.82) is 0 Å². The zero-order valence-electron chi connectivity index (χ0n) is 9.25. The van der Waals surface area contributed by atoms with Gasteiger partial charge in [-0.15, -0.1) is 0 Å². The van der Waals surface area contributed by atoms with Crippen LogP contribution in [0.15, 0.2) is 34.1 Å². The summed E-state index contributed by atoms with van der Waals surface area (Å²) in [5.41, 5.74) is 0. The molecule has 0 bridgehead atoms. The fourth-order valence-electron chi connectivity index (χ4n) is 1.36. The summed E-state index contributed by atoms with van der Waals surface area (Å²) in [7, 11) is -9.21. The molecule has 0 fully saturated rings. The third-order valence-electron chi connectivity index (χ3n) is 2.24. The second-order valence-corrected chi connectivity index (χ2v) is 6.90. The van der Waals surface area contributed by atoms with Crippen molar-refractivity contribution in [2.45, 2.75) is 15.7 Å². The minimum absolute atomic E-state index is 0.729. The van der Waals surface area contributed by atoms with E-state index in [2.05, 4.69) is 8.37 Å². The van der Waals surface area contributed by atoms with Crippen LogP contribution in [0.4, 0.5) is 8.78 Å². The lowest BCUT2D eigenvalue weighted by Crippen LogP contribution is -2.31. The maximum atomic E-state index is 13.2. The summed E-state index contributed by atoms with van der Waals surface area (Å²) in [5, 5.41) is 0. The lowest BCUT2D eigenvalue weighted by atomic mass is 10.4. The molecule has 1 aromatic rings. The van der Waals surface area contributed by atoms with Gasteiger partial charge in [-0.2, -0.15) is 16.8 Å². The minimum atomic E-state index is -4.61.